The molecule has 3 fully saturated rings. The third-order valence-corrected chi connectivity index (χ3v) is 9.29. The molecule has 4 amide bonds. The first-order valence-electron chi connectivity index (χ1n) is 14.1. The average molecular weight is 657 g/mol. The van der Waals surface area contributed by atoms with Gasteiger partial charge in [0.25, 0.3) is 11.8 Å². The van der Waals surface area contributed by atoms with Gasteiger partial charge in [-0.25, -0.2) is 0 Å². The summed E-state index contributed by atoms with van der Waals surface area (Å²) >= 11 is 2.30. The molecule has 6 rings (SSSR count). The fraction of sp³-hybridized carbons (Fsp3) is 0.467. The predicted octanol–water partition coefficient (Wildman–Crippen LogP) is 3.45. The van der Waals surface area contributed by atoms with Crippen molar-refractivity contribution >= 4 is 51.9 Å². The number of carbonyl (C=O) groups excluding carboxylic acids is 4. The Bertz CT molecular complexity index is 1320. The summed E-state index contributed by atoms with van der Waals surface area (Å²) in [5, 5.41) is 2.26. The van der Waals surface area contributed by atoms with Crippen molar-refractivity contribution in [3.05, 3.63) is 57.2 Å². The molecule has 10 heteroatoms. The van der Waals surface area contributed by atoms with Crippen LogP contribution in [0.2, 0.25) is 0 Å². The molecule has 210 valence electrons. The van der Waals surface area contributed by atoms with Gasteiger partial charge >= 0.3 is 0 Å². The zero-order valence-corrected chi connectivity index (χ0v) is 24.5. The molecule has 0 spiro atoms. The molecule has 0 saturated carbocycles. The summed E-state index contributed by atoms with van der Waals surface area (Å²) in [6.45, 7) is 4.76. The summed E-state index contributed by atoms with van der Waals surface area (Å²) in [6, 6.07) is 12.6. The Hall–Kier alpha value is -2.99. The lowest BCUT2D eigenvalue weighted by molar-refractivity contribution is -0.136. The number of likely N-dealkylation sites (tertiary alicyclic amines) is 1. The topological polar surface area (TPSA) is 99.3 Å². The molecule has 1 unspecified atom stereocenters. The lowest BCUT2D eigenvalue weighted by Gasteiger charge is -2.38. The number of piperidine rings is 3. The monoisotopic (exact) mass is 656 g/mol. The summed E-state index contributed by atoms with van der Waals surface area (Å²) in [5.74, 6) is -0.332. The van der Waals surface area contributed by atoms with Gasteiger partial charge in [0.15, 0.2) is 0 Å². The number of ether oxygens (including phenoxy) is 1. The first kappa shape index (κ1) is 27.2. The SMILES string of the molecule is O=C1CCC(N2C(=O)c3cccc(N4CCC(CN5CCC(Oc6ccc(I)cc6)CC5)CC4)c3C2=O)C(=O)N1. The molecule has 0 aromatic heterocycles. The van der Waals surface area contributed by atoms with Crippen LogP contribution < -0.4 is 15.0 Å². The lowest BCUT2D eigenvalue weighted by atomic mass is 9.94. The van der Waals surface area contributed by atoms with E-state index in [1.807, 2.05) is 24.3 Å². The number of nitrogens with zero attached hydrogens (tertiary/aromatic N) is 3. The van der Waals surface area contributed by atoms with Gasteiger partial charge in [-0.05, 0) is 97.0 Å². The maximum absolute atomic E-state index is 13.5. The molecule has 4 aliphatic heterocycles. The van der Waals surface area contributed by atoms with Crippen LogP contribution in [0.25, 0.3) is 0 Å². The van der Waals surface area contributed by atoms with Gasteiger partial charge in [0.1, 0.15) is 17.9 Å². The highest BCUT2D eigenvalue weighted by atomic mass is 127. The number of hydrogen-bond acceptors (Lipinski definition) is 7. The fourth-order valence-electron chi connectivity index (χ4n) is 6.40. The minimum absolute atomic E-state index is 0.112. The summed E-state index contributed by atoms with van der Waals surface area (Å²) in [7, 11) is 0. The number of imide groups is 2. The predicted molar refractivity (Wildman–Crippen MR) is 157 cm³/mol. The molecule has 1 N–H and O–H groups in total. The van der Waals surface area contributed by atoms with Crippen molar-refractivity contribution in [3.8, 4) is 5.75 Å². The molecule has 1 atom stereocenters. The molecule has 0 bridgehead atoms. The van der Waals surface area contributed by atoms with E-state index in [1.165, 1.54) is 3.57 Å². The Kier molecular flexibility index (Phi) is 7.80. The van der Waals surface area contributed by atoms with Crippen molar-refractivity contribution in [1.82, 2.24) is 15.1 Å². The van der Waals surface area contributed by atoms with Crippen molar-refractivity contribution in [1.29, 1.82) is 0 Å². The molecule has 2 aromatic rings. The molecule has 2 aromatic carbocycles. The van der Waals surface area contributed by atoms with E-state index in [-0.39, 0.29) is 24.9 Å². The second kappa shape index (κ2) is 11.5. The number of fused-ring (bicyclic) bond motifs is 1. The van der Waals surface area contributed by atoms with Gasteiger partial charge in [-0.1, -0.05) is 6.07 Å². The van der Waals surface area contributed by atoms with Crippen LogP contribution in [0.3, 0.4) is 0 Å². The van der Waals surface area contributed by atoms with Crippen LogP contribution in [0.1, 0.15) is 59.2 Å². The largest absolute Gasteiger partial charge is 0.490 e. The van der Waals surface area contributed by atoms with Crippen molar-refractivity contribution in [3.63, 3.8) is 0 Å². The highest BCUT2D eigenvalue weighted by molar-refractivity contribution is 14.1. The standard InChI is InChI=1S/C30H33IN4O5/c31-20-4-6-21(7-5-20)40-22-12-14-33(15-13-22)18-19-10-16-34(17-11-19)24-3-1-2-23-27(24)30(39)35(29(23)38)25-8-9-26(36)32-28(25)37/h1-7,19,22,25H,8-18H2,(H,32,36,37). The van der Waals surface area contributed by atoms with Gasteiger partial charge in [0, 0.05) is 42.7 Å². The molecular weight excluding hydrogens is 623 g/mol. The summed E-state index contributed by atoms with van der Waals surface area (Å²) in [6.07, 6.45) is 4.62. The Balaban J connectivity index is 1.03. The van der Waals surface area contributed by atoms with E-state index in [1.54, 1.807) is 6.07 Å². The van der Waals surface area contributed by atoms with Gasteiger partial charge in [-0.2, -0.15) is 0 Å². The number of rotatable bonds is 6. The van der Waals surface area contributed by atoms with Gasteiger partial charge in [-0.15, -0.1) is 0 Å². The molecule has 40 heavy (non-hydrogen) atoms. The maximum Gasteiger partial charge on any atom is 0.264 e. The second-order valence-corrected chi connectivity index (χ2v) is 12.4. The van der Waals surface area contributed by atoms with Crippen LogP contribution in [0.4, 0.5) is 5.69 Å². The highest BCUT2D eigenvalue weighted by Gasteiger charge is 2.46. The third kappa shape index (κ3) is 5.47. The minimum Gasteiger partial charge on any atom is -0.490 e. The van der Waals surface area contributed by atoms with E-state index in [0.29, 0.717) is 17.0 Å². The molecule has 9 nitrogen and oxygen atoms in total. The Morgan fingerprint density at radius 3 is 2.27 bits per heavy atom. The average Bonchev–Trinajstić information content (AvgIpc) is 3.21. The van der Waals surface area contributed by atoms with Crippen molar-refractivity contribution in [2.24, 2.45) is 5.92 Å². The van der Waals surface area contributed by atoms with Crippen molar-refractivity contribution in [2.75, 3.05) is 37.6 Å². The van der Waals surface area contributed by atoms with E-state index in [9.17, 15) is 19.2 Å². The summed E-state index contributed by atoms with van der Waals surface area (Å²) in [4.78, 5) is 56.5. The number of halogens is 1. The van der Waals surface area contributed by atoms with Crippen LogP contribution in [-0.4, -0.2) is 78.3 Å². The summed E-state index contributed by atoms with van der Waals surface area (Å²) in [5.41, 5.74) is 1.48. The quantitative estimate of drug-likeness (QED) is 0.376. The van der Waals surface area contributed by atoms with Crippen molar-refractivity contribution in [2.45, 2.75) is 50.7 Å². The third-order valence-electron chi connectivity index (χ3n) is 8.57. The van der Waals surface area contributed by atoms with E-state index < -0.39 is 23.8 Å². The van der Waals surface area contributed by atoms with Crippen LogP contribution in [0.15, 0.2) is 42.5 Å². The second-order valence-electron chi connectivity index (χ2n) is 11.1. The van der Waals surface area contributed by atoms with Crippen molar-refractivity contribution < 1.29 is 23.9 Å². The van der Waals surface area contributed by atoms with E-state index in [4.69, 9.17) is 4.74 Å². The first-order valence-corrected chi connectivity index (χ1v) is 15.2. The fourth-order valence-corrected chi connectivity index (χ4v) is 6.76. The molecule has 4 aliphatic rings. The normalized spacial score (nSPS) is 23.0. The van der Waals surface area contributed by atoms with Crippen LogP contribution in [0.5, 0.6) is 5.75 Å². The highest BCUT2D eigenvalue weighted by Crippen LogP contribution is 2.36. The number of carbonyl (C=O) groups is 4. The Morgan fingerprint density at radius 1 is 0.850 bits per heavy atom. The number of hydrogen-bond donors (Lipinski definition) is 1. The van der Waals surface area contributed by atoms with E-state index in [2.05, 4.69) is 49.8 Å². The van der Waals surface area contributed by atoms with Crippen LogP contribution >= 0.6 is 22.6 Å². The molecule has 3 saturated heterocycles. The molecule has 0 aliphatic carbocycles. The van der Waals surface area contributed by atoms with Gasteiger partial charge in [0.2, 0.25) is 11.8 Å². The zero-order valence-electron chi connectivity index (χ0n) is 22.3. The molecule has 0 radical (unpaired) electrons. The number of amides is 4. The molecular formula is C30H33IN4O5. The van der Waals surface area contributed by atoms with E-state index in [0.717, 1.165) is 74.7 Å². The smallest absolute Gasteiger partial charge is 0.264 e. The number of nitrogens with one attached hydrogen (secondary N) is 1. The minimum atomic E-state index is -0.949. The number of anilines is 1. The summed E-state index contributed by atoms with van der Waals surface area (Å²) < 4.78 is 7.40. The Morgan fingerprint density at radius 2 is 1.57 bits per heavy atom. The number of benzene rings is 2. The van der Waals surface area contributed by atoms with E-state index >= 15 is 0 Å². The maximum atomic E-state index is 13.5. The molecule has 4 heterocycles. The Labute approximate surface area is 247 Å². The van der Waals surface area contributed by atoms with Crippen LogP contribution in [-0.2, 0) is 9.59 Å². The zero-order chi connectivity index (χ0) is 27.8. The van der Waals surface area contributed by atoms with Gasteiger partial charge in [0.05, 0.1) is 16.8 Å². The van der Waals surface area contributed by atoms with Gasteiger partial charge < -0.3 is 14.5 Å². The van der Waals surface area contributed by atoms with Crippen LogP contribution in [0, 0.1) is 9.49 Å². The lowest BCUT2D eigenvalue weighted by Crippen LogP contribution is -2.54. The first-order chi connectivity index (χ1) is 19.4. The van der Waals surface area contributed by atoms with Gasteiger partial charge in [-0.3, -0.25) is 29.4 Å².